The average Bonchev–Trinajstić information content (AvgIpc) is 2.74. The van der Waals surface area contributed by atoms with Gasteiger partial charge in [0.25, 0.3) is 5.56 Å². The molecular weight excluding hydrogens is 450 g/mol. The van der Waals surface area contributed by atoms with Crippen LogP contribution in [0.25, 0.3) is 0 Å². The molecular formula is C22H20BrN3O4. The van der Waals surface area contributed by atoms with Crippen molar-refractivity contribution in [2.24, 2.45) is 7.05 Å². The number of anilines is 1. The molecule has 2 heterocycles. The monoisotopic (exact) mass is 469 g/mol. The third-order valence-electron chi connectivity index (χ3n) is 5.34. The van der Waals surface area contributed by atoms with Gasteiger partial charge in [0.15, 0.2) is 5.69 Å². The lowest BCUT2D eigenvalue weighted by Crippen LogP contribution is -2.41. The number of halogens is 1. The van der Waals surface area contributed by atoms with Crippen LogP contribution in [-0.2, 0) is 13.5 Å². The van der Waals surface area contributed by atoms with Gasteiger partial charge >= 0.3 is 5.97 Å². The van der Waals surface area contributed by atoms with E-state index < -0.39 is 11.5 Å². The van der Waals surface area contributed by atoms with Gasteiger partial charge in [0.1, 0.15) is 0 Å². The molecule has 30 heavy (non-hydrogen) atoms. The van der Waals surface area contributed by atoms with Gasteiger partial charge in [-0.2, -0.15) is 0 Å². The fourth-order valence-electron chi connectivity index (χ4n) is 3.97. The van der Waals surface area contributed by atoms with Crippen LogP contribution in [0.4, 0.5) is 5.95 Å². The van der Waals surface area contributed by atoms with Crippen molar-refractivity contribution in [3.63, 3.8) is 0 Å². The van der Waals surface area contributed by atoms with E-state index in [1.54, 1.807) is 7.05 Å². The summed E-state index contributed by atoms with van der Waals surface area (Å²) < 4.78 is 7.33. The molecule has 0 bridgehead atoms. The number of aromatic carboxylic acids is 1. The first-order chi connectivity index (χ1) is 14.4. The Kier molecular flexibility index (Phi) is 5.34. The fourth-order valence-corrected chi connectivity index (χ4v) is 4.39. The standard InChI is InChI=1S/C22H20BrN3O4/c1-25-20(27)19(30-2)17(21(28)29)24-22(25)26-11-10-13-6-3-4-9-16(13)18(26)14-7-5-8-15(23)12-14/h3-9,12,18H,10-11H2,1-2H3,(H,28,29). The van der Waals surface area contributed by atoms with Crippen molar-refractivity contribution in [3.8, 4) is 5.75 Å². The van der Waals surface area contributed by atoms with Crippen LogP contribution in [0.3, 0.4) is 0 Å². The van der Waals surface area contributed by atoms with Crippen LogP contribution in [-0.4, -0.2) is 34.3 Å². The number of rotatable bonds is 4. The molecule has 3 aromatic rings. The number of nitrogens with zero attached hydrogens (tertiary/aromatic N) is 3. The van der Waals surface area contributed by atoms with Crippen molar-refractivity contribution < 1.29 is 14.6 Å². The summed E-state index contributed by atoms with van der Waals surface area (Å²) in [5.74, 6) is -1.29. The van der Waals surface area contributed by atoms with Gasteiger partial charge < -0.3 is 14.7 Å². The highest BCUT2D eigenvalue weighted by Crippen LogP contribution is 2.38. The topological polar surface area (TPSA) is 84.7 Å². The number of hydrogen-bond acceptors (Lipinski definition) is 5. The molecule has 0 amide bonds. The van der Waals surface area contributed by atoms with Gasteiger partial charge in [-0.15, -0.1) is 0 Å². The molecule has 4 rings (SSSR count). The lowest BCUT2D eigenvalue weighted by atomic mass is 9.88. The van der Waals surface area contributed by atoms with Gasteiger partial charge in [-0.3, -0.25) is 9.36 Å². The van der Waals surface area contributed by atoms with E-state index in [0.717, 1.165) is 22.0 Å². The van der Waals surface area contributed by atoms with E-state index in [4.69, 9.17) is 4.74 Å². The summed E-state index contributed by atoms with van der Waals surface area (Å²) in [5.41, 5.74) is 2.41. The second kappa shape index (κ2) is 7.95. The lowest BCUT2D eigenvalue weighted by molar-refractivity contribution is 0.0685. The van der Waals surface area contributed by atoms with Crippen LogP contribution < -0.4 is 15.2 Å². The number of carbonyl (C=O) groups is 1. The number of hydrogen-bond donors (Lipinski definition) is 1. The van der Waals surface area contributed by atoms with E-state index in [1.165, 1.54) is 17.2 Å². The zero-order valence-electron chi connectivity index (χ0n) is 16.5. The molecule has 0 fully saturated rings. The minimum Gasteiger partial charge on any atom is -0.489 e. The normalized spacial score (nSPS) is 15.6. The highest BCUT2D eigenvalue weighted by atomic mass is 79.9. The number of benzene rings is 2. The minimum atomic E-state index is -1.30. The highest BCUT2D eigenvalue weighted by Gasteiger charge is 2.33. The van der Waals surface area contributed by atoms with Gasteiger partial charge in [-0.05, 0) is 35.2 Å². The summed E-state index contributed by atoms with van der Waals surface area (Å²) in [6.45, 7) is 0.583. The Morgan fingerprint density at radius 1 is 1.23 bits per heavy atom. The van der Waals surface area contributed by atoms with Crippen LogP contribution in [0.1, 0.15) is 33.2 Å². The molecule has 0 saturated carbocycles. The zero-order valence-corrected chi connectivity index (χ0v) is 18.1. The number of ether oxygens (including phenoxy) is 1. The molecule has 0 aliphatic carbocycles. The predicted molar refractivity (Wildman–Crippen MR) is 116 cm³/mol. The maximum absolute atomic E-state index is 12.8. The fraction of sp³-hybridized carbons (Fsp3) is 0.227. The first-order valence-corrected chi connectivity index (χ1v) is 10.2. The number of methoxy groups -OCH3 is 1. The molecule has 8 heteroatoms. The van der Waals surface area contributed by atoms with Gasteiger partial charge in [0.05, 0.1) is 13.2 Å². The van der Waals surface area contributed by atoms with E-state index in [1.807, 2.05) is 41.3 Å². The van der Waals surface area contributed by atoms with E-state index >= 15 is 0 Å². The lowest BCUT2D eigenvalue weighted by Gasteiger charge is -2.39. The van der Waals surface area contributed by atoms with Crippen LogP contribution in [0, 0.1) is 0 Å². The number of fused-ring (bicyclic) bond motifs is 1. The Labute approximate surface area is 181 Å². The van der Waals surface area contributed by atoms with Crippen molar-refractivity contribution in [1.82, 2.24) is 9.55 Å². The quantitative estimate of drug-likeness (QED) is 0.630. The largest absolute Gasteiger partial charge is 0.489 e. The Balaban J connectivity index is 1.96. The Hall–Kier alpha value is -3.13. The van der Waals surface area contributed by atoms with Crippen molar-refractivity contribution in [2.45, 2.75) is 12.5 Å². The second-order valence-electron chi connectivity index (χ2n) is 7.06. The molecule has 1 aliphatic rings. The first kappa shape index (κ1) is 20.2. The van der Waals surface area contributed by atoms with E-state index in [-0.39, 0.29) is 23.4 Å². The van der Waals surface area contributed by atoms with E-state index in [2.05, 4.69) is 33.0 Å². The summed E-state index contributed by atoms with van der Waals surface area (Å²) in [5, 5.41) is 9.60. The molecule has 0 spiro atoms. The second-order valence-corrected chi connectivity index (χ2v) is 7.98. The molecule has 0 radical (unpaired) electrons. The highest BCUT2D eigenvalue weighted by molar-refractivity contribution is 9.10. The number of carboxylic acid groups (broad SMARTS) is 1. The van der Waals surface area contributed by atoms with Crippen LogP contribution in [0.5, 0.6) is 5.75 Å². The third kappa shape index (κ3) is 3.37. The Bertz CT molecular complexity index is 1190. The molecule has 1 aliphatic heterocycles. The van der Waals surface area contributed by atoms with Crippen LogP contribution in [0.15, 0.2) is 57.8 Å². The zero-order chi connectivity index (χ0) is 21.4. The van der Waals surface area contributed by atoms with Crippen molar-refractivity contribution in [1.29, 1.82) is 0 Å². The van der Waals surface area contributed by atoms with Gasteiger partial charge in [0.2, 0.25) is 11.7 Å². The molecule has 1 N–H and O–H groups in total. The smallest absolute Gasteiger partial charge is 0.358 e. The predicted octanol–water partition coefficient (Wildman–Crippen LogP) is 3.40. The maximum Gasteiger partial charge on any atom is 0.358 e. The van der Waals surface area contributed by atoms with Crippen molar-refractivity contribution >= 4 is 27.8 Å². The summed E-state index contributed by atoms with van der Waals surface area (Å²) in [6, 6.07) is 15.9. The minimum absolute atomic E-state index is 0.222. The summed E-state index contributed by atoms with van der Waals surface area (Å²) >= 11 is 3.54. The first-order valence-electron chi connectivity index (χ1n) is 9.40. The Morgan fingerprint density at radius 3 is 2.70 bits per heavy atom. The third-order valence-corrected chi connectivity index (χ3v) is 5.83. The summed E-state index contributed by atoms with van der Waals surface area (Å²) in [4.78, 5) is 30.9. The molecule has 1 unspecified atom stereocenters. The van der Waals surface area contributed by atoms with Gasteiger partial charge in [-0.25, -0.2) is 9.78 Å². The molecule has 2 aromatic carbocycles. The Morgan fingerprint density at radius 2 is 2.00 bits per heavy atom. The SMILES string of the molecule is COc1c(C(=O)O)nc(N2CCc3ccccc3C2c2cccc(Br)c2)n(C)c1=O. The van der Waals surface area contributed by atoms with Crippen LogP contribution >= 0.6 is 15.9 Å². The maximum atomic E-state index is 12.8. The van der Waals surface area contributed by atoms with Gasteiger partial charge in [0, 0.05) is 18.1 Å². The molecule has 1 aromatic heterocycles. The van der Waals surface area contributed by atoms with E-state index in [9.17, 15) is 14.7 Å². The summed E-state index contributed by atoms with van der Waals surface area (Å²) in [6.07, 6.45) is 0.755. The molecule has 1 atom stereocenters. The molecule has 154 valence electrons. The van der Waals surface area contributed by atoms with Crippen molar-refractivity contribution in [3.05, 3.63) is 85.7 Å². The van der Waals surface area contributed by atoms with Crippen molar-refractivity contribution in [2.75, 3.05) is 18.6 Å². The number of aromatic nitrogens is 2. The average molecular weight is 470 g/mol. The van der Waals surface area contributed by atoms with Crippen LogP contribution in [0.2, 0.25) is 0 Å². The number of carboxylic acids is 1. The summed E-state index contributed by atoms with van der Waals surface area (Å²) in [7, 11) is 2.85. The van der Waals surface area contributed by atoms with Gasteiger partial charge in [-0.1, -0.05) is 52.3 Å². The molecule has 0 saturated heterocycles. The van der Waals surface area contributed by atoms with E-state index in [0.29, 0.717) is 6.54 Å². The molecule has 7 nitrogen and oxygen atoms in total.